The minimum absolute atomic E-state index is 0.0342. The normalized spacial score (nSPS) is 14.3. The first kappa shape index (κ1) is 10.4. The van der Waals surface area contributed by atoms with E-state index in [9.17, 15) is 4.79 Å². The first-order chi connectivity index (χ1) is 4.72. The summed E-state index contributed by atoms with van der Waals surface area (Å²) in [5, 5.41) is 6.01. The number of nitrogens with one attached hydrogen (secondary N) is 2. The molecule has 2 N–H and O–H groups in total. The van der Waals surface area contributed by atoms with Crippen LogP contribution in [0.4, 0.5) is 0 Å². The van der Waals surface area contributed by atoms with Crippen LogP contribution in [0.1, 0.15) is 6.92 Å². The Labute approximate surface area is 65.7 Å². The number of Topliss-reactive ketones (excluding diaryl/α,β-unsaturated/α-hetero) is 1. The molecular weight excluding hydrogens is 166 g/mol. The van der Waals surface area contributed by atoms with E-state index >= 15 is 0 Å². The highest BCUT2D eigenvalue weighted by Crippen LogP contribution is 2.12. The lowest BCUT2D eigenvalue weighted by atomic mass is 10.2. The van der Waals surface area contributed by atoms with Crippen LogP contribution in [0.15, 0.2) is 0 Å². The van der Waals surface area contributed by atoms with E-state index in [-0.39, 0.29) is 11.8 Å². The van der Waals surface area contributed by atoms with E-state index in [2.05, 4.69) is 19.3 Å². The summed E-state index contributed by atoms with van der Waals surface area (Å²) < 4.78 is 0. The van der Waals surface area contributed by atoms with Gasteiger partial charge in [0.05, 0.1) is 6.04 Å². The summed E-state index contributed by atoms with van der Waals surface area (Å²) in [4.78, 5) is 10.8. The minimum atomic E-state index is -0.0342. The standard InChI is InChI=1S/C5H14N2OP2/c1-4(8)5(6-2)3-7-10-9/h5-7,10H,3,9H2,1-2H3. The molecule has 0 saturated heterocycles. The molecule has 60 valence electrons. The van der Waals surface area contributed by atoms with E-state index in [4.69, 9.17) is 0 Å². The van der Waals surface area contributed by atoms with Crippen molar-refractivity contribution in [1.82, 2.24) is 10.4 Å². The zero-order valence-corrected chi connectivity index (χ0v) is 8.42. The van der Waals surface area contributed by atoms with E-state index < -0.39 is 0 Å². The van der Waals surface area contributed by atoms with Crippen LogP contribution in [0.3, 0.4) is 0 Å². The summed E-state index contributed by atoms with van der Waals surface area (Å²) in [7, 11) is 4.99. The quantitative estimate of drug-likeness (QED) is 0.591. The lowest BCUT2D eigenvalue weighted by molar-refractivity contribution is -0.118. The van der Waals surface area contributed by atoms with Crippen molar-refractivity contribution in [2.75, 3.05) is 13.6 Å². The van der Waals surface area contributed by atoms with Crippen molar-refractivity contribution in [3.05, 3.63) is 0 Å². The second kappa shape index (κ2) is 6.18. The second-order valence-corrected chi connectivity index (χ2v) is 3.49. The molecule has 0 radical (unpaired) electrons. The molecule has 0 bridgehead atoms. The van der Waals surface area contributed by atoms with Crippen molar-refractivity contribution >= 4 is 23.1 Å². The Hall–Kier alpha value is 0.450. The van der Waals surface area contributed by atoms with Gasteiger partial charge in [-0.1, -0.05) is 8.93 Å². The zero-order chi connectivity index (χ0) is 7.98. The van der Waals surface area contributed by atoms with Gasteiger partial charge in [-0.15, -0.1) is 0 Å². The van der Waals surface area contributed by atoms with Crippen molar-refractivity contribution in [2.45, 2.75) is 13.0 Å². The molecule has 0 fully saturated rings. The van der Waals surface area contributed by atoms with Crippen LogP contribution < -0.4 is 10.4 Å². The van der Waals surface area contributed by atoms with E-state index in [0.29, 0.717) is 15.0 Å². The molecule has 10 heavy (non-hydrogen) atoms. The maximum Gasteiger partial charge on any atom is 0.147 e. The van der Waals surface area contributed by atoms with Crippen LogP contribution in [-0.2, 0) is 4.79 Å². The maximum atomic E-state index is 10.8. The van der Waals surface area contributed by atoms with Gasteiger partial charge in [0.25, 0.3) is 0 Å². The third kappa shape index (κ3) is 4.29. The Morgan fingerprint density at radius 1 is 1.80 bits per heavy atom. The van der Waals surface area contributed by atoms with Gasteiger partial charge in [-0.2, -0.15) is 0 Å². The van der Waals surface area contributed by atoms with Crippen molar-refractivity contribution in [3.63, 3.8) is 0 Å². The molecule has 0 saturated carbocycles. The van der Waals surface area contributed by atoms with Gasteiger partial charge >= 0.3 is 0 Å². The highest BCUT2D eigenvalue weighted by molar-refractivity contribution is 8.01. The molecule has 0 aromatic carbocycles. The molecule has 0 spiro atoms. The summed E-state index contributed by atoms with van der Waals surface area (Å²) >= 11 is 0. The van der Waals surface area contributed by atoms with Crippen LogP contribution in [0, 0.1) is 0 Å². The maximum absolute atomic E-state index is 10.8. The number of rotatable bonds is 5. The molecule has 0 aliphatic rings. The average Bonchev–Trinajstić information content (AvgIpc) is 1.89. The Morgan fingerprint density at radius 3 is 2.70 bits per heavy atom. The molecular formula is C5H14N2OP2. The van der Waals surface area contributed by atoms with Gasteiger partial charge in [0, 0.05) is 6.54 Å². The van der Waals surface area contributed by atoms with Gasteiger partial charge in [0.2, 0.25) is 0 Å². The molecule has 3 nitrogen and oxygen atoms in total. The molecule has 0 heterocycles. The van der Waals surface area contributed by atoms with Crippen LogP contribution in [0.2, 0.25) is 0 Å². The Bertz CT molecular complexity index is 110. The lowest BCUT2D eigenvalue weighted by Crippen LogP contribution is -2.39. The SMILES string of the molecule is CNC(CNPP)C(C)=O. The number of ketones is 1. The van der Waals surface area contributed by atoms with Gasteiger partial charge in [0.15, 0.2) is 0 Å². The lowest BCUT2D eigenvalue weighted by Gasteiger charge is -2.11. The van der Waals surface area contributed by atoms with Gasteiger partial charge in [0.1, 0.15) is 5.78 Å². The van der Waals surface area contributed by atoms with Gasteiger partial charge < -0.3 is 5.32 Å². The Kier molecular flexibility index (Phi) is 6.46. The van der Waals surface area contributed by atoms with Crippen molar-refractivity contribution in [1.29, 1.82) is 0 Å². The highest BCUT2D eigenvalue weighted by atomic mass is 32.0. The molecule has 0 aromatic heterocycles. The fourth-order valence-corrected chi connectivity index (χ4v) is 1.29. The predicted molar refractivity (Wildman–Crippen MR) is 49.6 cm³/mol. The topological polar surface area (TPSA) is 41.1 Å². The molecule has 0 aliphatic heterocycles. The predicted octanol–water partition coefficient (Wildman–Crippen LogP) is 0.137. The Balaban J connectivity index is 3.50. The third-order valence-corrected chi connectivity index (χ3v) is 2.27. The molecule has 0 amide bonds. The fourth-order valence-electron chi connectivity index (χ4n) is 0.610. The molecule has 3 unspecified atom stereocenters. The van der Waals surface area contributed by atoms with Crippen LogP contribution in [0.5, 0.6) is 0 Å². The molecule has 0 aliphatic carbocycles. The van der Waals surface area contributed by atoms with E-state index in [0.717, 1.165) is 0 Å². The average molecular weight is 180 g/mol. The number of hydrogen-bond acceptors (Lipinski definition) is 3. The summed E-state index contributed by atoms with van der Waals surface area (Å²) in [6.07, 6.45) is 0. The van der Waals surface area contributed by atoms with E-state index in [1.807, 2.05) is 0 Å². The number of hydrogen-bond donors (Lipinski definition) is 2. The van der Waals surface area contributed by atoms with Crippen LogP contribution in [-0.4, -0.2) is 25.4 Å². The van der Waals surface area contributed by atoms with Crippen molar-refractivity contribution in [2.24, 2.45) is 0 Å². The van der Waals surface area contributed by atoms with E-state index in [1.54, 1.807) is 14.0 Å². The van der Waals surface area contributed by atoms with Gasteiger partial charge in [-0.25, -0.2) is 0 Å². The summed E-state index contributed by atoms with van der Waals surface area (Å²) in [6, 6.07) is -0.0342. The summed E-state index contributed by atoms with van der Waals surface area (Å²) in [5.74, 6) is 0.179. The van der Waals surface area contributed by atoms with Gasteiger partial charge in [-0.3, -0.25) is 9.88 Å². The monoisotopic (exact) mass is 180 g/mol. The third-order valence-electron chi connectivity index (χ3n) is 1.25. The highest BCUT2D eigenvalue weighted by Gasteiger charge is 2.08. The van der Waals surface area contributed by atoms with Crippen molar-refractivity contribution in [3.8, 4) is 0 Å². The molecule has 0 rings (SSSR count). The smallest absolute Gasteiger partial charge is 0.147 e. The number of carbonyl (C=O) groups is 1. The summed E-state index contributed by atoms with van der Waals surface area (Å²) in [6.45, 7) is 2.31. The van der Waals surface area contributed by atoms with Crippen molar-refractivity contribution < 1.29 is 4.79 Å². The van der Waals surface area contributed by atoms with Crippen LogP contribution in [0.25, 0.3) is 0 Å². The second-order valence-electron chi connectivity index (χ2n) is 1.98. The number of likely N-dealkylation sites (N-methyl/N-ethyl adjacent to an activating group) is 1. The summed E-state index contributed by atoms with van der Waals surface area (Å²) in [5.41, 5.74) is 0. The largest absolute Gasteiger partial charge is 0.309 e. The first-order valence-corrected chi connectivity index (χ1v) is 5.89. The van der Waals surface area contributed by atoms with E-state index in [1.165, 1.54) is 0 Å². The molecule has 5 heteroatoms. The zero-order valence-electron chi connectivity index (χ0n) is 6.27. The first-order valence-electron chi connectivity index (χ1n) is 3.08. The molecule has 0 aromatic rings. The van der Waals surface area contributed by atoms with Crippen LogP contribution >= 0.6 is 17.3 Å². The molecule has 3 atom stereocenters. The number of carbonyl (C=O) groups excluding carboxylic acids is 1. The minimum Gasteiger partial charge on any atom is -0.309 e. The van der Waals surface area contributed by atoms with Gasteiger partial charge in [-0.05, 0) is 22.4 Å². The Morgan fingerprint density at radius 2 is 2.40 bits per heavy atom. The fraction of sp³-hybridized carbons (Fsp3) is 0.800.